The molecule has 1 aromatic carbocycles. The molecule has 0 saturated carbocycles. The number of methoxy groups -OCH3 is 2. The largest absolute Gasteiger partial charge is 0.543 e. The van der Waals surface area contributed by atoms with E-state index in [1.807, 2.05) is 12.1 Å². The molecule has 1 aromatic rings. The molecule has 1 rings (SSSR count). The lowest BCUT2D eigenvalue weighted by Crippen LogP contribution is -2.44. The first-order valence-electron chi connectivity index (χ1n) is 7.34. The van der Waals surface area contributed by atoms with Crippen molar-refractivity contribution in [2.45, 2.75) is 38.9 Å². The van der Waals surface area contributed by atoms with Crippen LogP contribution in [0.2, 0.25) is 18.1 Å². The van der Waals surface area contributed by atoms with Crippen LogP contribution in [0.1, 0.15) is 26.3 Å². The van der Waals surface area contributed by atoms with Crippen LogP contribution < -0.4 is 9.16 Å². The molecule has 4 nitrogen and oxygen atoms in total. The van der Waals surface area contributed by atoms with E-state index in [1.165, 1.54) is 13.2 Å². The van der Waals surface area contributed by atoms with Gasteiger partial charge in [0.1, 0.15) is 11.5 Å². The molecule has 0 unspecified atom stereocenters. The topological polar surface area (TPSA) is 44.8 Å². The summed E-state index contributed by atoms with van der Waals surface area (Å²) in [7, 11) is 0.945. The van der Waals surface area contributed by atoms with E-state index in [4.69, 9.17) is 9.16 Å². The highest BCUT2D eigenvalue weighted by Gasteiger charge is 2.39. The number of ether oxygens (including phenoxy) is 2. The number of carbonyl (C=O) groups excluding carboxylic acids is 1. The van der Waals surface area contributed by atoms with Crippen LogP contribution in [0.3, 0.4) is 0 Å². The average molecular weight is 401 g/mol. The molecule has 0 amide bonds. The molecule has 0 aliphatic rings. The lowest BCUT2D eigenvalue weighted by atomic mass is 10.1. The summed E-state index contributed by atoms with van der Waals surface area (Å²) in [6, 6.07) is 3.72. The number of esters is 1. The summed E-state index contributed by atoms with van der Waals surface area (Å²) >= 11 is 3.49. The maximum absolute atomic E-state index is 11.4. The quantitative estimate of drug-likeness (QED) is 0.395. The predicted molar refractivity (Wildman–Crippen MR) is 99.6 cm³/mol. The molecule has 0 fully saturated rings. The van der Waals surface area contributed by atoms with Crippen molar-refractivity contribution < 1.29 is 18.7 Å². The van der Waals surface area contributed by atoms with Crippen molar-refractivity contribution in [3.05, 3.63) is 28.2 Å². The minimum atomic E-state index is -2.00. The fourth-order valence-corrected chi connectivity index (χ4v) is 3.10. The van der Waals surface area contributed by atoms with Crippen molar-refractivity contribution in [2.75, 3.05) is 14.2 Å². The van der Waals surface area contributed by atoms with Crippen LogP contribution in [0.5, 0.6) is 11.5 Å². The van der Waals surface area contributed by atoms with Gasteiger partial charge in [0, 0.05) is 11.6 Å². The third-order valence-electron chi connectivity index (χ3n) is 4.06. The molecule has 0 radical (unpaired) electrons. The molecule has 0 aromatic heterocycles. The third-order valence-corrected chi connectivity index (χ3v) is 9.02. The van der Waals surface area contributed by atoms with E-state index in [2.05, 4.69) is 54.5 Å². The lowest BCUT2D eigenvalue weighted by Gasteiger charge is -2.37. The first kappa shape index (κ1) is 19.8. The molecular weight excluding hydrogens is 376 g/mol. The van der Waals surface area contributed by atoms with Crippen LogP contribution in [0.15, 0.2) is 22.7 Å². The van der Waals surface area contributed by atoms with E-state index in [0.29, 0.717) is 5.75 Å². The van der Waals surface area contributed by atoms with Gasteiger partial charge in [-0.2, -0.15) is 0 Å². The number of rotatable bonds is 5. The van der Waals surface area contributed by atoms with Gasteiger partial charge in [-0.3, -0.25) is 0 Å². The van der Waals surface area contributed by atoms with Crippen molar-refractivity contribution in [2.24, 2.45) is 0 Å². The Morgan fingerprint density at radius 2 is 1.78 bits per heavy atom. The van der Waals surface area contributed by atoms with Gasteiger partial charge in [-0.25, -0.2) is 4.79 Å². The summed E-state index contributed by atoms with van der Waals surface area (Å²) in [4.78, 5) is 11.4. The van der Waals surface area contributed by atoms with E-state index in [9.17, 15) is 4.79 Å². The minimum absolute atomic E-state index is 0.0722. The summed E-state index contributed by atoms with van der Waals surface area (Å²) < 4.78 is 17.2. The summed E-state index contributed by atoms with van der Waals surface area (Å²) in [5.41, 5.74) is 0.778. The van der Waals surface area contributed by atoms with Gasteiger partial charge in [0.15, 0.2) is 0 Å². The molecule has 23 heavy (non-hydrogen) atoms. The van der Waals surface area contributed by atoms with E-state index in [-0.39, 0.29) is 5.04 Å². The van der Waals surface area contributed by atoms with Crippen molar-refractivity contribution >= 4 is 36.3 Å². The Balaban J connectivity index is 3.31. The Kier molecular flexibility index (Phi) is 6.47. The molecule has 0 saturated heterocycles. The molecular formula is C17H25BrO4Si. The van der Waals surface area contributed by atoms with Gasteiger partial charge in [0.05, 0.1) is 18.7 Å². The monoisotopic (exact) mass is 400 g/mol. The normalized spacial score (nSPS) is 12.3. The summed E-state index contributed by atoms with van der Waals surface area (Å²) in [5, 5.41) is 0.0722. The Morgan fingerprint density at radius 1 is 1.17 bits per heavy atom. The smallest absolute Gasteiger partial charge is 0.330 e. The van der Waals surface area contributed by atoms with Crippen molar-refractivity contribution in [1.82, 2.24) is 0 Å². The summed E-state index contributed by atoms with van der Waals surface area (Å²) in [5.74, 6) is 0.992. The van der Waals surface area contributed by atoms with Crippen LogP contribution in [-0.4, -0.2) is 28.5 Å². The Bertz CT molecular complexity index is 603. The Morgan fingerprint density at radius 3 is 2.26 bits per heavy atom. The molecule has 0 atom stereocenters. The zero-order valence-corrected chi connectivity index (χ0v) is 17.4. The average Bonchev–Trinajstić information content (AvgIpc) is 2.44. The van der Waals surface area contributed by atoms with Crippen molar-refractivity contribution in [3.8, 4) is 11.5 Å². The van der Waals surface area contributed by atoms with Crippen LogP contribution in [0, 0.1) is 0 Å². The number of carbonyl (C=O) groups is 1. The maximum Gasteiger partial charge on any atom is 0.330 e. The van der Waals surface area contributed by atoms with Crippen LogP contribution in [-0.2, 0) is 9.53 Å². The first-order chi connectivity index (χ1) is 10.5. The zero-order valence-electron chi connectivity index (χ0n) is 14.8. The highest BCUT2D eigenvalue weighted by molar-refractivity contribution is 9.10. The second-order valence-electron chi connectivity index (χ2n) is 6.74. The first-order valence-corrected chi connectivity index (χ1v) is 11.0. The highest BCUT2D eigenvalue weighted by atomic mass is 79.9. The highest BCUT2D eigenvalue weighted by Crippen LogP contribution is 2.41. The Labute approximate surface area is 148 Å². The van der Waals surface area contributed by atoms with E-state index in [0.717, 1.165) is 15.8 Å². The minimum Gasteiger partial charge on any atom is -0.543 e. The van der Waals surface area contributed by atoms with E-state index >= 15 is 0 Å². The fraction of sp³-hybridized carbons (Fsp3) is 0.471. The van der Waals surface area contributed by atoms with E-state index in [1.54, 1.807) is 13.2 Å². The molecule has 0 N–H and O–H groups in total. The van der Waals surface area contributed by atoms with E-state index < -0.39 is 14.3 Å². The van der Waals surface area contributed by atoms with Crippen LogP contribution in [0.25, 0.3) is 6.08 Å². The number of benzene rings is 1. The molecule has 0 spiro atoms. The number of hydrogen-bond donors (Lipinski definition) is 0. The Hall–Kier alpha value is -1.27. The van der Waals surface area contributed by atoms with Gasteiger partial charge in [-0.15, -0.1) is 0 Å². The third kappa shape index (κ3) is 5.11. The summed E-state index contributed by atoms with van der Waals surface area (Å²) in [6.07, 6.45) is 3.06. The zero-order chi connectivity index (χ0) is 17.8. The maximum atomic E-state index is 11.4. The van der Waals surface area contributed by atoms with Crippen LogP contribution in [0.4, 0.5) is 0 Å². The van der Waals surface area contributed by atoms with Gasteiger partial charge in [0.2, 0.25) is 0 Å². The van der Waals surface area contributed by atoms with Gasteiger partial charge in [0.25, 0.3) is 8.32 Å². The molecule has 128 valence electrons. The number of halogens is 1. The predicted octanol–water partition coefficient (Wildman–Crippen LogP) is 5.03. The standard InChI is InChI=1S/C17H25BrO4Si/c1-17(2,3)23(6,7)22-14-11-13(18)15(20-4)10-12(14)8-9-16(19)21-5/h8-11H,1-7H3/b9-8+. The van der Waals surface area contributed by atoms with Gasteiger partial charge in [-0.05, 0) is 52.3 Å². The van der Waals surface area contributed by atoms with Gasteiger partial charge in [-0.1, -0.05) is 20.8 Å². The van der Waals surface area contributed by atoms with Gasteiger partial charge >= 0.3 is 5.97 Å². The number of hydrogen-bond acceptors (Lipinski definition) is 4. The fourth-order valence-electron chi connectivity index (χ4n) is 1.58. The SMILES string of the molecule is COC(=O)/C=C/c1cc(OC)c(Br)cc1O[Si](C)(C)C(C)(C)C. The molecule has 0 bridgehead atoms. The molecule has 0 aliphatic heterocycles. The molecule has 6 heteroatoms. The lowest BCUT2D eigenvalue weighted by molar-refractivity contribution is -0.134. The van der Waals surface area contributed by atoms with Crippen molar-refractivity contribution in [3.63, 3.8) is 0 Å². The molecule has 0 aliphatic carbocycles. The molecule has 0 heterocycles. The van der Waals surface area contributed by atoms with Crippen LogP contribution >= 0.6 is 15.9 Å². The summed E-state index contributed by atoms with van der Waals surface area (Å²) in [6.45, 7) is 10.9. The van der Waals surface area contributed by atoms with Gasteiger partial charge < -0.3 is 13.9 Å². The second kappa shape index (κ2) is 7.53. The van der Waals surface area contributed by atoms with Crippen molar-refractivity contribution in [1.29, 1.82) is 0 Å². The second-order valence-corrected chi connectivity index (χ2v) is 12.3.